The van der Waals surface area contributed by atoms with Gasteiger partial charge in [0.1, 0.15) is 5.75 Å². The van der Waals surface area contributed by atoms with Gasteiger partial charge >= 0.3 is 0 Å². The first kappa shape index (κ1) is 12.9. The van der Waals surface area contributed by atoms with E-state index in [9.17, 15) is 14.2 Å². The van der Waals surface area contributed by atoms with E-state index in [1.54, 1.807) is 23.9 Å². The van der Waals surface area contributed by atoms with E-state index in [0.29, 0.717) is 10.6 Å². The normalized spacial score (nSPS) is 21.9. The zero-order valence-electron chi connectivity index (χ0n) is 10.1. The third kappa shape index (κ3) is 2.47. The minimum Gasteiger partial charge on any atom is -0.508 e. The van der Waals surface area contributed by atoms with E-state index in [1.165, 1.54) is 6.07 Å². The van der Waals surface area contributed by atoms with E-state index >= 15 is 0 Å². The van der Waals surface area contributed by atoms with Crippen LogP contribution in [0.3, 0.4) is 0 Å². The third-order valence-electron chi connectivity index (χ3n) is 3.10. The van der Waals surface area contributed by atoms with Gasteiger partial charge in [-0.25, -0.2) is 0 Å². The van der Waals surface area contributed by atoms with Gasteiger partial charge in [-0.3, -0.25) is 9.11 Å². The first-order chi connectivity index (χ1) is 9.06. The lowest BCUT2D eigenvalue weighted by atomic mass is 10.1. The summed E-state index contributed by atoms with van der Waals surface area (Å²) in [4.78, 5) is 1.65. The van der Waals surface area contributed by atoms with Crippen molar-refractivity contribution in [3.63, 3.8) is 0 Å². The smallest absolute Gasteiger partial charge is 0.116 e. The molecule has 1 aliphatic rings. The SMILES string of the molecule is Oc1ccc2c(c1)C(Sc1ccccc1)CS2(O)O. The van der Waals surface area contributed by atoms with Gasteiger partial charge in [0.05, 0.1) is 15.9 Å². The van der Waals surface area contributed by atoms with Crippen molar-refractivity contribution in [1.29, 1.82) is 0 Å². The van der Waals surface area contributed by atoms with E-state index in [4.69, 9.17) is 0 Å². The highest BCUT2D eigenvalue weighted by molar-refractivity contribution is 8.25. The zero-order chi connectivity index (χ0) is 13.5. The van der Waals surface area contributed by atoms with Crippen LogP contribution in [0, 0.1) is 0 Å². The Morgan fingerprint density at radius 1 is 1.05 bits per heavy atom. The number of benzene rings is 2. The van der Waals surface area contributed by atoms with Crippen molar-refractivity contribution in [1.82, 2.24) is 0 Å². The van der Waals surface area contributed by atoms with Crippen LogP contribution in [0.25, 0.3) is 0 Å². The molecule has 0 spiro atoms. The highest BCUT2D eigenvalue weighted by atomic mass is 32.3. The van der Waals surface area contributed by atoms with Crippen molar-refractivity contribution in [2.24, 2.45) is 0 Å². The summed E-state index contributed by atoms with van der Waals surface area (Å²) in [7, 11) is -2.72. The third-order valence-corrected chi connectivity index (χ3v) is 6.43. The Kier molecular flexibility index (Phi) is 3.22. The Hall–Kier alpha value is -1.14. The highest BCUT2D eigenvalue weighted by Crippen LogP contribution is 2.63. The average Bonchev–Trinajstić information content (AvgIpc) is 2.62. The second-order valence-corrected chi connectivity index (χ2v) is 7.86. The molecule has 0 amide bonds. The van der Waals surface area contributed by atoms with Crippen molar-refractivity contribution in [2.75, 3.05) is 5.75 Å². The van der Waals surface area contributed by atoms with Gasteiger partial charge in [-0.05, 0) is 35.9 Å². The molecule has 0 bridgehead atoms. The Labute approximate surface area is 117 Å². The highest BCUT2D eigenvalue weighted by Gasteiger charge is 2.35. The van der Waals surface area contributed by atoms with Crippen molar-refractivity contribution in [3.8, 4) is 5.75 Å². The van der Waals surface area contributed by atoms with Crippen molar-refractivity contribution in [3.05, 3.63) is 54.1 Å². The van der Waals surface area contributed by atoms with Crippen LogP contribution in [0.1, 0.15) is 10.8 Å². The Balaban J connectivity index is 1.96. The largest absolute Gasteiger partial charge is 0.508 e. The van der Waals surface area contributed by atoms with Gasteiger partial charge in [0.15, 0.2) is 0 Å². The van der Waals surface area contributed by atoms with Crippen LogP contribution in [0.15, 0.2) is 58.3 Å². The lowest BCUT2D eigenvalue weighted by molar-refractivity contribution is 0.473. The van der Waals surface area contributed by atoms with Crippen LogP contribution in [0.4, 0.5) is 0 Å². The molecule has 2 aromatic carbocycles. The van der Waals surface area contributed by atoms with Gasteiger partial charge in [-0.2, -0.15) is 10.6 Å². The molecule has 1 heterocycles. The number of hydrogen-bond donors (Lipinski definition) is 3. The molecule has 3 rings (SSSR count). The van der Waals surface area contributed by atoms with Gasteiger partial charge in [-0.15, -0.1) is 11.8 Å². The van der Waals surface area contributed by atoms with Gasteiger partial charge in [0.25, 0.3) is 0 Å². The van der Waals surface area contributed by atoms with Crippen LogP contribution in [0.2, 0.25) is 0 Å². The molecule has 0 saturated heterocycles. The number of fused-ring (bicyclic) bond motifs is 1. The number of phenols is 1. The maximum Gasteiger partial charge on any atom is 0.116 e. The monoisotopic (exact) mass is 294 g/mol. The molecule has 0 aliphatic carbocycles. The second kappa shape index (κ2) is 4.76. The molecule has 0 saturated carbocycles. The standard InChI is InChI=1S/C14H14O3S2/c15-10-6-7-14-12(8-10)13(9-19(14,16)17)18-11-4-2-1-3-5-11/h1-8,13,15-17H,9H2. The number of aromatic hydroxyl groups is 1. The first-order valence-electron chi connectivity index (χ1n) is 5.87. The molecule has 1 atom stereocenters. The van der Waals surface area contributed by atoms with E-state index in [0.717, 1.165) is 10.5 Å². The predicted molar refractivity (Wildman–Crippen MR) is 79.1 cm³/mol. The lowest BCUT2D eigenvalue weighted by Crippen LogP contribution is -1.98. The number of phenolic OH excluding ortho intramolecular Hbond substituents is 1. The maximum atomic E-state index is 10.1. The van der Waals surface area contributed by atoms with E-state index in [2.05, 4.69) is 0 Å². The molecule has 2 aromatic rings. The van der Waals surface area contributed by atoms with Crippen LogP contribution in [-0.4, -0.2) is 20.0 Å². The summed E-state index contributed by atoms with van der Waals surface area (Å²) in [6, 6.07) is 14.6. The molecule has 19 heavy (non-hydrogen) atoms. The van der Waals surface area contributed by atoms with E-state index in [-0.39, 0.29) is 11.0 Å². The fourth-order valence-electron chi connectivity index (χ4n) is 2.24. The average molecular weight is 294 g/mol. The molecule has 3 N–H and O–H groups in total. The molecule has 3 nitrogen and oxygen atoms in total. The molecule has 0 aromatic heterocycles. The molecular formula is C14H14O3S2. The van der Waals surface area contributed by atoms with Gasteiger partial charge < -0.3 is 5.11 Å². The van der Waals surface area contributed by atoms with Gasteiger partial charge in [-0.1, -0.05) is 18.2 Å². The molecule has 1 unspecified atom stereocenters. The van der Waals surface area contributed by atoms with Crippen molar-refractivity contribution < 1.29 is 14.2 Å². The molecule has 100 valence electrons. The summed E-state index contributed by atoms with van der Waals surface area (Å²) in [5, 5.41) is 9.55. The summed E-state index contributed by atoms with van der Waals surface area (Å²) < 4.78 is 20.3. The van der Waals surface area contributed by atoms with Crippen molar-refractivity contribution >= 4 is 22.4 Å². The number of thioether (sulfide) groups is 1. The van der Waals surface area contributed by atoms with Gasteiger partial charge in [0.2, 0.25) is 0 Å². The van der Waals surface area contributed by atoms with E-state index < -0.39 is 10.6 Å². The van der Waals surface area contributed by atoms with Crippen LogP contribution < -0.4 is 0 Å². The molecule has 0 fully saturated rings. The number of hydrogen-bond acceptors (Lipinski definition) is 4. The molecule has 1 aliphatic heterocycles. The summed E-state index contributed by atoms with van der Waals surface area (Å²) in [6.45, 7) is 0. The van der Waals surface area contributed by atoms with Crippen LogP contribution in [0.5, 0.6) is 5.75 Å². The molecule has 0 radical (unpaired) electrons. The fourth-order valence-corrected chi connectivity index (χ4v) is 5.76. The number of rotatable bonds is 2. The topological polar surface area (TPSA) is 60.7 Å². The predicted octanol–water partition coefficient (Wildman–Crippen LogP) is 4.35. The minimum absolute atomic E-state index is 0.0329. The lowest BCUT2D eigenvalue weighted by Gasteiger charge is -2.27. The van der Waals surface area contributed by atoms with Gasteiger partial charge in [0, 0.05) is 4.90 Å². The summed E-state index contributed by atoms with van der Waals surface area (Å²) in [5.41, 5.74) is 0.828. The van der Waals surface area contributed by atoms with Crippen LogP contribution >= 0.6 is 22.4 Å². The zero-order valence-corrected chi connectivity index (χ0v) is 11.7. The first-order valence-corrected chi connectivity index (χ1v) is 8.46. The van der Waals surface area contributed by atoms with Crippen LogP contribution in [-0.2, 0) is 0 Å². The molecule has 5 heteroatoms. The Morgan fingerprint density at radius 2 is 1.79 bits per heavy atom. The summed E-state index contributed by atoms with van der Waals surface area (Å²) in [5.74, 6) is 0.472. The Morgan fingerprint density at radius 3 is 2.53 bits per heavy atom. The van der Waals surface area contributed by atoms with Crippen molar-refractivity contribution in [2.45, 2.75) is 15.0 Å². The fraction of sp³-hybridized carbons (Fsp3) is 0.143. The Bertz CT molecular complexity index is 599. The second-order valence-electron chi connectivity index (χ2n) is 4.48. The quantitative estimate of drug-likeness (QED) is 0.770. The summed E-state index contributed by atoms with van der Waals surface area (Å²) in [6.07, 6.45) is 0. The minimum atomic E-state index is -2.72. The molecular weight excluding hydrogens is 280 g/mol. The van der Waals surface area contributed by atoms with E-state index in [1.807, 2.05) is 30.3 Å². The summed E-state index contributed by atoms with van der Waals surface area (Å²) >= 11 is 1.59. The maximum absolute atomic E-state index is 10.1.